The predicted molar refractivity (Wildman–Crippen MR) is 101 cm³/mol. The number of halogens is 1. The van der Waals surface area contributed by atoms with Crippen LogP contribution in [0.1, 0.15) is 29.8 Å². The summed E-state index contributed by atoms with van der Waals surface area (Å²) in [4.78, 5) is 24.7. The van der Waals surface area contributed by atoms with Gasteiger partial charge in [0.1, 0.15) is 11.8 Å². The summed E-state index contributed by atoms with van der Waals surface area (Å²) in [6, 6.07) is 12.3. The minimum absolute atomic E-state index is 0.104. The smallest absolute Gasteiger partial charge is 0.262 e. The van der Waals surface area contributed by atoms with Crippen LogP contribution in [0.25, 0.3) is 0 Å². The molecule has 7 heteroatoms. The van der Waals surface area contributed by atoms with Crippen LogP contribution in [0.2, 0.25) is 5.02 Å². The van der Waals surface area contributed by atoms with Gasteiger partial charge >= 0.3 is 0 Å². The first-order valence-corrected chi connectivity index (χ1v) is 8.43. The first kappa shape index (κ1) is 19.5. The van der Waals surface area contributed by atoms with Gasteiger partial charge in [-0.2, -0.15) is 5.10 Å². The van der Waals surface area contributed by atoms with Crippen LogP contribution in [0.4, 0.5) is 0 Å². The van der Waals surface area contributed by atoms with Crippen LogP contribution in [0, 0.1) is 5.92 Å². The first-order valence-electron chi connectivity index (χ1n) is 8.06. The van der Waals surface area contributed by atoms with Crippen molar-refractivity contribution in [2.24, 2.45) is 11.0 Å². The summed E-state index contributed by atoms with van der Waals surface area (Å²) in [5.41, 5.74) is 3.34. The molecule has 0 aliphatic carbocycles. The number of rotatable bonds is 6. The Bertz CT molecular complexity index is 821. The number of hydrogen-bond donors (Lipinski definition) is 3. The van der Waals surface area contributed by atoms with Gasteiger partial charge in [-0.15, -0.1) is 0 Å². The normalized spacial score (nSPS) is 12.2. The van der Waals surface area contributed by atoms with Crippen molar-refractivity contribution >= 4 is 29.6 Å². The summed E-state index contributed by atoms with van der Waals surface area (Å²) in [5, 5.41) is 16.3. The molecule has 0 heterocycles. The van der Waals surface area contributed by atoms with E-state index in [-0.39, 0.29) is 11.7 Å². The number of hydrazone groups is 1. The van der Waals surface area contributed by atoms with Crippen LogP contribution in [0.5, 0.6) is 5.75 Å². The molecule has 0 bridgehead atoms. The molecule has 1 atom stereocenters. The number of carbonyl (C=O) groups excluding carboxylic acids is 2. The summed E-state index contributed by atoms with van der Waals surface area (Å²) in [7, 11) is 0. The van der Waals surface area contributed by atoms with E-state index < -0.39 is 17.9 Å². The molecule has 26 heavy (non-hydrogen) atoms. The SMILES string of the molecule is CC(C)C(NC(=O)c1ccccc1Cl)C(=O)NN=Cc1cccc(O)c1. The maximum Gasteiger partial charge on any atom is 0.262 e. The monoisotopic (exact) mass is 373 g/mol. The van der Waals surface area contributed by atoms with Gasteiger partial charge in [0.25, 0.3) is 11.8 Å². The van der Waals surface area contributed by atoms with E-state index in [4.69, 9.17) is 11.6 Å². The standard InChI is InChI=1S/C19H20ClN3O3/c1-12(2)17(22-18(25)15-8-3-4-9-16(15)20)19(26)23-21-11-13-6-5-7-14(24)10-13/h3-12,17,24H,1-2H3,(H,22,25)(H,23,26). The summed E-state index contributed by atoms with van der Waals surface area (Å²) in [5.74, 6) is -0.928. The maximum atomic E-state index is 12.4. The second-order valence-electron chi connectivity index (χ2n) is 6.00. The van der Waals surface area contributed by atoms with Gasteiger partial charge < -0.3 is 10.4 Å². The molecule has 2 aromatic rings. The number of carbonyl (C=O) groups is 2. The fourth-order valence-corrected chi connectivity index (χ4v) is 2.47. The zero-order valence-electron chi connectivity index (χ0n) is 14.4. The van der Waals surface area contributed by atoms with Gasteiger partial charge in [-0.1, -0.05) is 49.7 Å². The molecule has 0 aliphatic heterocycles. The van der Waals surface area contributed by atoms with E-state index in [1.54, 1.807) is 36.4 Å². The Balaban J connectivity index is 2.03. The molecule has 2 aromatic carbocycles. The van der Waals surface area contributed by atoms with E-state index in [9.17, 15) is 14.7 Å². The maximum absolute atomic E-state index is 12.4. The van der Waals surface area contributed by atoms with Crippen LogP contribution in [-0.2, 0) is 4.79 Å². The number of phenols is 1. The highest BCUT2D eigenvalue weighted by atomic mass is 35.5. The number of phenolic OH excluding ortho intramolecular Hbond substituents is 1. The molecule has 136 valence electrons. The van der Waals surface area contributed by atoms with E-state index in [1.807, 2.05) is 13.8 Å². The molecule has 0 aliphatic rings. The lowest BCUT2D eigenvalue weighted by atomic mass is 10.0. The van der Waals surface area contributed by atoms with Crippen molar-refractivity contribution in [3.63, 3.8) is 0 Å². The van der Waals surface area contributed by atoms with Crippen molar-refractivity contribution < 1.29 is 14.7 Å². The van der Waals surface area contributed by atoms with Crippen molar-refractivity contribution in [3.8, 4) is 5.75 Å². The topological polar surface area (TPSA) is 90.8 Å². The Kier molecular flexibility index (Phi) is 6.74. The third-order valence-electron chi connectivity index (χ3n) is 3.61. The van der Waals surface area contributed by atoms with Gasteiger partial charge in [0.15, 0.2) is 0 Å². The molecule has 0 saturated heterocycles. The number of aromatic hydroxyl groups is 1. The summed E-state index contributed by atoms with van der Waals surface area (Å²) < 4.78 is 0. The molecule has 1 unspecified atom stereocenters. The highest BCUT2D eigenvalue weighted by Crippen LogP contribution is 2.15. The third kappa shape index (κ3) is 5.32. The van der Waals surface area contributed by atoms with Crippen molar-refractivity contribution in [2.45, 2.75) is 19.9 Å². The van der Waals surface area contributed by atoms with Gasteiger partial charge in [-0.05, 0) is 35.7 Å². The minimum atomic E-state index is -0.778. The number of benzene rings is 2. The Morgan fingerprint density at radius 3 is 2.54 bits per heavy atom. The second-order valence-corrected chi connectivity index (χ2v) is 6.41. The Hall–Kier alpha value is -2.86. The van der Waals surface area contributed by atoms with Crippen LogP contribution in [-0.4, -0.2) is 29.2 Å². The van der Waals surface area contributed by atoms with Crippen molar-refractivity contribution in [1.29, 1.82) is 0 Å². The third-order valence-corrected chi connectivity index (χ3v) is 3.94. The molecule has 0 radical (unpaired) electrons. The zero-order valence-corrected chi connectivity index (χ0v) is 15.2. The lowest BCUT2D eigenvalue weighted by Crippen LogP contribution is -2.48. The molecule has 2 rings (SSSR count). The molecule has 0 saturated carbocycles. The lowest BCUT2D eigenvalue weighted by Gasteiger charge is -2.20. The van der Waals surface area contributed by atoms with E-state index in [0.717, 1.165) is 0 Å². The second kappa shape index (κ2) is 9.01. The Morgan fingerprint density at radius 2 is 1.88 bits per heavy atom. The molecule has 0 spiro atoms. The summed E-state index contributed by atoms with van der Waals surface area (Å²) >= 11 is 6.02. The zero-order chi connectivity index (χ0) is 19.1. The lowest BCUT2D eigenvalue weighted by molar-refractivity contribution is -0.123. The fourth-order valence-electron chi connectivity index (χ4n) is 2.24. The molecular weight excluding hydrogens is 354 g/mol. The van der Waals surface area contributed by atoms with Crippen molar-refractivity contribution in [3.05, 3.63) is 64.7 Å². The van der Waals surface area contributed by atoms with Crippen LogP contribution in [0.3, 0.4) is 0 Å². The summed E-state index contributed by atoms with van der Waals surface area (Å²) in [6.45, 7) is 3.63. The number of nitrogens with one attached hydrogen (secondary N) is 2. The molecule has 2 amide bonds. The van der Waals surface area contributed by atoms with Crippen molar-refractivity contribution in [1.82, 2.24) is 10.7 Å². The van der Waals surface area contributed by atoms with Crippen LogP contribution < -0.4 is 10.7 Å². The molecule has 6 nitrogen and oxygen atoms in total. The van der Waals surface area contributed by atoms with Gasteiger partial charge in [-0.3, -0.25) is 9.59 Å². The molecule has 0 fully saturated rings. The quantitative estimate of drug-likeness (QED) is 0.537. The van der Waals surface area contributed by atoms with Crippen LogP contribution >= 0.6 is 11.6 Å². The number of amides is 2. The van der Waals surface area contributed by atoms with E-state index in [1.165, 1.54) is 18.3 Å². The van der Waals surface area contributed by atoms with Gasteiger partial charge in [0.05, 0.1) is 16.8 Å². The number of hydrogen-bond acceptors (Lipinski definition) is 4. The molecular formula is C19H20ClN3O3. The van der Waals surface area contributed by atoms with Gasteiger partial charge in [0.2, 0.25) is 0 Å². The van der Waals surface area contributed by atoms with Crippen LogP contribution in [0.15, 0.2) is 53.6 Å². The average Bonchev–Trinajstić information content (AvgIpc) is 2.59. The molecule has 3 N–H and O–H groups in total. The van der Waals surface area contributed by atoms with E-state index >= 15 is 0 Å². The average molecular weight is 374 g/mol. The van der Waals surface area contributed by atoms with E-state index in [2.05, 4.69) is 15.8 Å². The Morgan fingerprint density at radius 1 is 1.15 bits per heavy atom. The number of nitrogens with zero attached hydrogens (tertiary/aromatic N) is 1. The highest BCUT2D eigenvalue weighted by molar-refractivity contribution is 6.33. The fraction of sp³-hybridized carbons (Fsp3) is 0.211. The molecule has 0 aromatic heterocycles. The Labute approximate surface area is 156 Å². The van der Waals surface area contributed by atoms with E-state index in [0.29, 0.717) is 16.1 Å². The summed E-state index contributed by atoms with van der Waals surface area (Å²) in [6.07, 6.45) is 1.41. The first-order chi connectivity index (χ1) is 12.4. The van der Waals surface area contributed by atoms with Gasteiger partial charge in [-0.25, -0.2) is 5.43 Å². The van der Waals surface area contributed by atoms with Crippen molar-refractivity contribution in [2.75, 3.05) is 0 Å². The van der Waals surface area contributed by atoms with Gasteiger partial charge in [0, 0.05) is 0 Å². The highest BCUT2D eigenvalue weighted by Gasteiger charge is 2.25. The largest absolute Gasteiger partial charge is 0.508 e. The minimum Gasteiger partial charge on any atom is -0.508 e. The predicted octanol–water partition coefficient (Wildman–Crippen LogP) is 2.95.